The highest BCUT2D eigenvalue weighted by Gasteiger charge is 2.31. The lowest BCUT2D eigenvalue weighted by molar-refractivity contribution is 0.281. The lowest BCUT2D eigenvalue weighted by Crippen LogP contribution is -2.38. The number of hydrogen-bond acceptors (Lipinski definition) is 4. The van der Waals surface area contributed by atoms with Crippen molar-refractivity contribution in [3.05, 3.63) is 29.6 Å². The van der Waals surface area contributed by atoms with Crippen LogP contribution in [0.4, 0.5) is 4.39 Å². The van der Waals surface area contributed by atoms with Crippen LogP contribution in [0.2, 0.25) is 0 Å². The Morgan fingerprint density at radius 2 is 2.20 bits per heavy atom. The van der Waals surface area contributed by atoms with Crippen molar-refractivity contribution in [2.24, 2.45) is 0 Å². The molecule has 4 nitrogen and oxygen atoms in total. The molecule has 1 aliphatic rings. The Morgan fingerprint density at radius 3 is 2.85 bits per heavy atom. The Hall–Kier alpha value is -0.630. The maximum Gasteiger partial charge on any atom is 0.243 e. The fraction of sp³-hybridized carbons (Fsp3) is 0.538. The van der Waals surface area contributed by atoms with E-state index in [0.717, 1.165) is 25.3 Å². The van der Waals surface area contributed by atoms with Crippen LogP contribution in [0.25, 0.3) is 0 Å². The quantitative estimate of drug-likeness (QED) is 0.870. The average molecular weight is 319 g/mol. The SMILES string of the molecule is CSC1CCCC1NS(=O)(=O)c1cc(CO)ccc1F. The van der Waals surface area contributed by atoms with Gasteiger partial charge in [-0.15, -0.1) is 0 Å². The van der Waals surface area contributed by atoms with Crippen molar-refractivity contribution in [1.29, 1.82) is 0 Å². The zero-order valence-electron chi connectivity index (χ0n) is 11.2. The minimum atomic E-state index is -3.90. The van der Waals surface area contributed by atoms with E-state index in [9.17, 15) is 12.8 Å². The summed E-state index contributed by atoms with van der Waals surface area (Å²) in [4.78, 5) is -0.393. The summed E-state index contributed by atoms with van der Waals surface area (Å²) < 4.78 is 40.9. The van der Waals surface area contributed by atoms with Crippen molar-refractivity contribution in [3.63, 3.8) is 0 Å². The van der Waals surface area contributed by atoms with Crippen LogP contribution < -0.4 is 4.72 Å². The largest absolute Gasteiger partial charge is 0.392 e. The monoisotopic (exact) mass is 319 g/mol. The minimum absolute atomic E-state index is 0.160. The van der Waals surface area contributed by atoms with Gasteiger partial charge < -0.3 is 5.11 Å². The zero-order chi connectivity index (χ0) is 14.8. The first-order valence-corrected chi connectivity index (χ1v) is 9.19. The molecule has 0 aliphatic heterocycles. The van der Waals surface area contributed by atoms with Gasteiger partial charge >= 0.3 is 0 Å². The van der Waals surface area contributed by atoms with Crippen LogP contribution in [0.5, 0.6) is 0 Å². The third kappa shape index (κ3) is 3.33. The summed E-state index contributed by atoms with van der Waals surface area (Å²) in [6.07, 6.45) is 4.65. The molecule has 112 valence electrons. The van der Waals surface area contributed by atoms with Gasteiger partial charge in [-0.05, 0) is 36.8 Å². The maximum atomic E-state index is 13.7. The summed E-state index contributed by atoms with van der Waals surface area (Å²) in [6, 6.07) is 3.46. The fourth-order valence-electron chi connectivity index (χ4n) is 2.46. The summed E-state index contributed by atoms with van der Waals surface area (Å²) in [7, 11) is -3.90. The molecule has 2 unspecified atom stereocenters. The lowest BCUT2D eigenvalue weighted by Gasteiger charge is -2.19. The Labute approximate surface area is 122 Å². The van der Waals surface area contributed by atoms with Gasteiger partial charge in [0.2, 0.25) is 10.0 Å². The first-order chi connectivity index (χ1) is 9.47. The molecule has 0 aromatic heterocycles. The summed E-state index contributed by atoms with van der Waals surface area (Å²) >= 11 is 1.63. The Kier molecular flexibility index (Phi) is 5.06. The Balaban J connectivity index is 2.26. The van der Waals surface area contributed by atoms with Gasteiger partial charge in [0, 0.05) is 11.3 Å². The van der Waals surface area contributed by atoms with E-state index >= 15 is 0 Å². The molecule has 0 bridgehead atoms. The molecule has 2 atom stereocenters. The predicted octanol–water partition coefficient (Wildman–Crippen LogP) is 1.88. The molecule has 1 aromatic carbocycles. The van der Waals surface area contributed by atoms with Crippen LogP contribution in [0.1, 0.15) is 24.8 Å². The number of rotatable bonds is 5. The number of nitrogens with one attached hydrogen (secondary N) is 1. The van der Waals surface area contributed by atoms with Crippen LogP contribution in [-0.2, 0) is 16.6 Å². The summed E-state index contributed by atoms with van der Waals surface area (Å²) in [6.45, 7) is -0.320. The average Bonchev–Trinajstić information content (AvgIpc) is 2.85. The van der Waals surface area contributed by atoms with E-state index < -0.39 is 20.7 Å². The molecule has 0 radical (unpaired) electrons. The smallest absolute Gasteiger partial charge is 0.243 e. The van der Waals surface area contributed by atoms with Gasteiger partial charge in [-0.2, -0.15) is 11.8 Å². The maximum absolute atomic E-state index is 13.7. The number of halogens is 1. The van der Waals surface area contributed by atoms with Crippen LogP contribution >= 0.6 is 11.8 Å². The molecule has 2 rings (SSSR count). The van der Waals surface area contributed by atoms with Crippen LogP contribution in [0, 0.1) is 5.82 Å². The fourth-order valence-corrected chi connectivity index (χ4v) is 4.92. The molecule has 1 saturated carbocycles. The van der Waals surface area contributed by atoms with E-state index in [1.807, 2.05) is 6.26 Å². The molecule has 0 spiro atoms. The molecule has 1 aromatic rings. The van der Waals surface area contributed by atoms with E-state index in [0.29, 0.717) is 5.56 Å². The molecule has 1 fully saturated rings. The lowest BCUT2D eigenvalue weighted by atomic mass is 10.2. The molecular formula is C13H18FNO3S2. The number of thioether (sulfide) groups is 1. The highest BCUT2D eigenvalue weighted by Crippen LogP contribution is 2.30. The van der Waals surface area contributed by atoms with Gasteiger partial charge in [-0.1, -0.05) is 12.5 Å². The van der Waals surface area contributed by atoms with Crippen molar-refractivity contribution in [1.82, 2.24) is 4.72 Å². The molecule has 20 heavy (non-hydrogen) atoms. The van der Waals surface area contributed by atoms with Crippen molar-refractivity contribution in [2.45, 2.75) is 42.1 Å². The number of sulfonamides is 1. The number of aliphatic hydroxyl groups excluding tert-OH is 1. The standard InChI is InChI=1S/C13H18FNO3S2/c1-19-12-4-2-3-11(12)15-20(17,18)13-7-9(8-16)5-6-10(13)14/h5-7,11-12,15-16H,2-4,8H2,1H3. The second-order valence-corrected chi connectivity index (χ2v) is 7.62. The van der Waals surface area contributed by atoms with E-state index in [1.165, 1.54) is 12.1 Å². The van der Waals surface area contributed by atoms with Gasteiger partial charge in [-0.3, -0.25) is 0 Å². The van der Waals surface area contributed by atoms with E-state index in [2.05, 4.69) is 4.72 Å². The molecule has 2 N–H and O–H groups in total. The second-order valence-electron chi connectivity index (χ2n) is 4.86. The number of aliphatic hydroxyl groups is 1. The van der Waals surface area contributed by atoms with Gasteiger partial charge in [0.05, 0.1) is 6.61 Å². The van der Waals surface area contributed by atoms with Crippen molar-refractivity contribution in [2.75, 3.05) is 6.26 Å². The van der Waals surface area contributed by atoms with Gasteiger partial charge in [0.25, 0.3) is 0 Å². The Bertz CT molecular complexity index is 577. The van der Waals surface area contributed by atoms with E-state index in [-0.39, 0.29) is 17.9 Å². The number of hydrogen-bond donors (Lipinski definition) is 2. The van der Waals surface area contributed by atoms with E-state index in [1.54, 1.807) is 11.8 Å². The van der Waals surface area contributed by atoms with E-state index in [4.69, 9.17) is 5.11 Å². The second kappa shape index (κ2) is 6.43. The summed E-state index contributed by atoms with van der Waals surface area (Å²) in [5.74, 6) is -0.798. The normalized spacial score (nSPS) is 23.1. The highest BCUT2D eigenvalue weighted by molar-refractivity contribution is 7.99. The molecule has 0 heterocycles. The number of benzene rings is 1. The van der Waals surface area contributed by atoms with Crippen LogP contribution in [-0.4, -0.2) is 31.1 Å². The van der Waals surface area contributed by atoms with Crippen molar-refractivity contribution >= 4 is 21.8 Å². The predicted molar refractivity (Wildman–Crippen MR) is 77.6 cm³/mol. The van der Waals surface area contributed by atoms with Crippen LogP contribution in [0.15, 0.2) is 23.1 Å². The first-order valence-electron chi connectivity index (χ1n) is 6.42. The molecule has 1 aliphatic carbocycles. The first kappa shape index (κ1) is 15.8. The van der Waals surface area contributed by atoms with Crippen molar-refractivity contribution < 1.29 is 17.9 Å². The molecule has 7 heteroatoms. The summed E-state index contributed by atoms with van der Waals surface area (Å²) in [5.41, 5.74) is 0.375. The van der Waals surface area contributed by atoms with Gasteiger partial charge in [0.1, 0.15) is 10.7 Å². The topological polar surface area (TPSA) is 66.4 Å². The van der Waals surface area contributed by atoms with Gasteiger partial charge in [-0.25, -0.2) is 17.5 Å². The molecule has 0 amide bonds. The Morgan fingerprint density at radius 1 is 1.45 bits per heavy atom. The third-order valence-electron chi connectivity index (χ3n) is 3.53. The molecule has 0 saturated heterocycles. The summed E-state index contributed by atoms with van der Waals surface area (Å²) in [5, 5.41) is 9.27. The van der Waals surface area contributed by atoms with Gasteiger partial charge in [0.15, 0.2) is 0 Å². The minimum Gasteiger partial charge on any atom is -0.392 e. The molecular weight excluding hydrogens is 301 g/mol. The van der Waals surface area contributed by atoms with Crippen LogP contribution in [0.3, 0.4) is 0 Å². The third-order valence-corrected chi connectivity index (χ3v) is 6.20. The highest BCUT2D eigenvalue weighted by atomic mass is 32.2. The zero-order valence-corrected chi connectivity index (χ0v) is 12.8. The van der Waals surface area contributed by atoms with Crippen molar-refractivity contribution in [3.8, 4) is 0 Å².